The van der Waals surface area contributed by atoms with Crippen LogP contribution >= 0.6 is 0 Å². The molecule has 0 heterocycles. The number of Topliss-reactive ketones (excluding diaryl/α,β-unsaturated/α-hetero) is 1. The minimum Gasteiger partial charge on any atom is -0.469 e. The zero-order valence-electron chi connectivity index (χ0n) is 11.9. The number of ether oxygens (including phenoxy) is 1. The molecule has 0 amide bonds. The highest BCUT2D eigenvalue weighted by Gasteiger charge is 2.41. The number of hydrogen-bond acceptors (Lipinski definition) is 3. The molecular weight excluding hydrogens is 240 g/mol. The molecule has 0 aromatic carbocycles. The fraction of sp³-hybridized carbons (Fsp3) is 0.625. The van der Waals surface area contributed by atoms with E-state index in [9.17, 15) is 9.59 Å². The van der Waals surface area contributed by atoms with E-state index < -0.39 is 0 Å². The van der Waals surface area contributed by atoms with Gasteiger partial charge in [0.25, 0.3) is 0 Å². The predicted octanol–water partition coefficient (Wildman–Crippen LogP) is 3.30. The molecule has 1 aliphatic carbocycles. The summed E-state index contributed by atoms with van der Waals surface area (Å²) >= 11 is 0. The summed E-state index contributed by atoms with van der Waals surface area (Å²) in [6, 6.07) is 0. The fourth-order valence-electron chi connectivity index (χ4n) is 2.91. The van der Waals surface area contributed by atoms with Crippen LogP contribution in [0.25, 0.3) is 0 Å². The summed E-state index contributed by atoms with van der Waals surface area (Å²) in [5, 5.41) is 0. The van der Waals surface area contributed by atoms with Gasteiger partial charge >= 0.3 is 5.97 Å². The van der Waals surface area contributed by atoms with Gasteiger partial charge in [-0.05, 0) is 31.6 Å². The third-order valence-electron chi connectivity index (χ3n) is 3.89. The molecule has 0 radical (unpaired) electrons. The minimum atomic E-state index is -0.228. The first-order valence-corrected chi connectivity index (χ1v) is 7.02. The quantitative estimate of drug-likeness (QED) is 0.523. The lowest BCUT2D eigenvalue weighted by Gasteiger charge is -2.24. The normalized spacial score (nSPS) is 24.6. The molecule has 0 aromatic heterocycles. The summed E-state index contributed by atoms with van der Waals surface area (Å²) in [6.45, 7) is 5.77. The van der Waals surface area contributed by atoms with Crippen LogP contribution in [0, 0.1) is 17.8 Å². The van der Waals surface area contributed by atoms with Crippen molar-refractivity contribution in [3.63, 3.8) is 0 Å². The molecular formula is C16H24O3. The van der Waals surface area contributed by atoms with Crippen molar-refractivity contribution in [3.8, 4) is 0 Å². The average molecular weight is 264 g/mol. The minimum absolute atomic E-state index is 0.0353. The van der Waals surface area contributed by atoms with E-state index in [0.717, 1.165) is 19.3 Å². The number of esters is 1. The number of allylic oxidation sites excluding steroid dienone is 3. The lowest BCUT2D eigenvalue weighted by Crippen LogP contribution is -2.29. The molecule has 0 N–H and O–H groups in total. The third kappa shape index (κ3) is 4.05. The molecule has 3 atom stereocenters. The molecule has 19 heavy (non-hydrogen) atoms. The number of carbonyl (C=O) groups excluding carboxylic acids is 2. The van der Waals surface area contributed by atoms with E-state index in [-0.39, 0.29) is 29.5 Å². The van der Waals surface area contributed by atoms with Crippen molar-refractivity contribution in [2.24, 2.45) is 17.8 Å². The molecule has 0 bridgehead atoms. The fourth-order valence-corrected chi connectivity index (χ4v) is 2.91. The van der Waals surface area contributed by atoms with Crippen LogP contribution in [0.1, 0.15) is 39.0 Å². The monoisotopic (exact) mass is 264 g/mol. The van der Waals surface area contributed by atoms with Crippen molar-refractivity contribution in [1.82, 2.24) is 0 Å². The maximum Gasteiger partial charge on any atom is 0.309 e. The van der Waals surface area contributed by atoms with E-state index in [4.69, 9.17) is 4.74 Å². The van der Waals surface area contributed by atoms with E-state index in [1.54, 1.807) is 6.08 Å². The van der Waals surface area contributed by atoms with E-state index in [1.165, 1.54) is 7.11 Å². The van der Waals surface area contributed by atoms with Crippen LogP contribution in [0.2, 0.25) is 0 Å². The zero-order valence-corrected chi connectivity index (χ0v) is 11.9. The van der Waals surface area contributed by atoms with Crippen LogP contribution in [0.15, 0.2) is 24.8 Å². The molecule has 1 saturated carbocycles. The third-order valence-corrected chi connectivity index (χ3v) is 3.89. The van der Waals surface area contributed by atoms with Crippen molar-refractivity contribution in [3.05, 3.63) is 24.8 Å². The highest BCUT2D eigenvalue weighted by atomic mass is 16.5. The van der Waals surface area contributed by atoms with Gasteiger partial charge in [0.15, 0.2) is 0 Å². The Bertz CT molecular complexity index is 357. The number of rotatable bonds is 7. The summed E-state index contributed by atoms with van der Waals surface area (Å²) in [5.41, 5.74) is 0. The van der Waals surface area contributed by atoms with Gasteiger partial charge in [0, 0.05) is 12.3 Å². The Labute approximate surface area is 115 Å². The molecule has 106 valence electrons. The maximum absolute atomic E-state index is 12.0. The Balaban J connectivity index is 2.81. The largest absolute Gasteiger partial charge is 0.469 e. The molecule has 3 nitrogen and oxygen atoms in total. The summed E-state index contributed by atoms with van der Waals surface area (Å²) in [6.07, 6.45) is 9.53. The van der Waals surface area contributed by atoms with E-state index in [2.05, 4.69) is 25.7 Å². The average Bonchev–Trinajstić information content (AvgIpc) is 2.77. The number of hydrogen-bond donors (Lipinski definition) is 0. The standard InChI is InChI=1S/C16H24O3/c1-4-6-7-9-13-12(10-11-15(13)17)14(8-5-2)16(18)19-3/h5-7,12-14H,2,4,8-11H2,1,3H3/b7-6-/t12-,13+,14+/m0/s1. The second-order valence-electron chi connectivity index (χ2n) is 5.04. The lowest BCUT2D eigenvalue weighted by atomic mass is 9.80. The van der Waals surface area contributed by atoms with Gasteiger partial charge in [0.05, 0.1) is 13.0 Å². The second kappa shape index (κ2) is 7.93. The molecule has 0 unspecified atom stereocenters. The van der Waals surface area contributed by atoms with Crippen molar-refractivity contribution in [1.29, 1.82) is 0 Å². The molecule has 0 saturated heterocycles. The highest BCUT2D eigenvalue weighted by Crippen LogP contribution is 2.39. The van der Waals surface area contributed by atoms with Crippen LogP contribution in [0.4, 0.5) is 0 Å². The van der Waals surface area contributed by atoms with Gasteiger partial charge < -0.3 is 4.74 Å². The molecule has 1 rings (SSSR count). The van der Waals surface area contributed by atoms with Crippen LogP contribution in [0.5, 0.6) is 0 Å². The Hall–Kier alpha value is -1.38. The summed E-state index contributed by atoms with van der Waals surface area (Å²) in [7, 11) is 1.40. The van der Waals surface area contributed by atoms with Crippen molar-refractivity contribution >= 4 is 11.8 Å². The molecule has 3 heteroatoms. The Morgan fingerprint density at radius 1 is 1.53 bits per heavy atom. The predicted molar refractivity (Wildman–Crippen MR) is 75.6 cm³/mol. The van der Waals surface area contributed by atoms with E-state index >= 15 is 0 Å². The van der Waals surface area contributed by atoms with E-state index in [1.807, 2.05) is 0 Å². The van der Waals surface area contributed by atoms with Crippen LogP contribution in [-0.4, -0.2) is 18.9 Å². The van der Waals surface area contributed by atoms with Crippen LogP contribution < -0.4 is 0 Å². The molecule has 0 spiro atoms. The van der Waals surface area contributed by atoms with Gasteiger partial charge in [-0.3, -0.25) is 9.59 Å². The summed E-state index contributed by atoms with van der Waals surface area (Å²) in [5.74, 6) is -0.104. The van der Waals surface area contributed by atoms with Crippen molar-refractivity contribution < 1.29 is 14.3 Å². The molecule has 0 aliphatic heterocycles. The topological polar surface area (TPSA) is 43.4 Å². The van der Waals surface area contributed by atoms with E-state index in [0.29, 0.717) is 12.8 Å². The van der Waals surface area contributed by atoms with Crippen molar-refractivity contribution in [2.45, 2.75) is 39.0 Å². The van der Waals surface area contributed by atoms with Gasteiger partial charge in [-0.1, -0.05) is 25.2 Å². The summed E-state index contributed by atoms with van der Waals surface area (Å²) < 4.78 is 4.87. The van der Waals surface area contributed by atoms with Gasteiger partial charge in [0.2, 0.25) is 0 Å². The van der Waals surface area contributed by atoms with Gasteiger partial charge in [-0.2, -0.15) is 0 Å². The first-order chi connectivity index (χ1) is 9.15. The zero-order chi connectivity index (χ0) is 14.3. The van der Waals surface area contributed by atoms with Crippen molar-refractivity contribution in [2.75, 3.05) is 7.11 Å². The first-order valence-electron chi connectivity index (χ1n) is 7.02. The van der Waals surface area contributed by atoms with Gasteiger partial charge in [0.1, 0.15) is 5.78 Å². The van der Waals surface area contributed by atoms with Crippen LogP contribution in [-0.2, 0) is 14.3 Å². The number of carbonyl (C=O) groups is 2. The second-order valence-corrected chi connectivity index (χ2v) is 5.04. The maximum atomic E-state index is 12.0. The Morgan fingerprint density at radius 2 is 2.26 bits per heavy atom. The molecule has 1 fully saturated rings. The Kier molecular flexibility index (Phi) is 6.54. The first kappa shape index (κ1) is 15.7. The highest BCUT2D eigenvalue weighted by molar-refractivity contribution is 5.85. The van der Waals surface area contributed by atoms with Gasteiger partial charge in [-0.25, -0.2) is 0 Å². The number of methoxy groups -OCH3 is 1. The van der Waals surface area contributed by atoms with Crippen LogP contribution in [0.3, 0.4) is 0 Å². The smallest absolute Gasteiger partial charge is 0.309 e. The SMILES string of the molecule is C=CC[C@@H](C(=O)OC)[C@H]1CCC(=O)[C@@H]1C/C=C\CC. The number of ketones is 1. The summed E-state index contributed by atoms with van der Waals surface area (Å²) in [4.78, 5) is 23.9. The van der Waals surface area contributed by atoms with Gasteiger partial charge in [-0.15, -0.1) is 6.58 Å². The lowest BCUT2D eigenvalue weighted by molar-refractivity contribution is -0.148. The Morgan fingerprint density at radius 3 is 2.84 bits per heavy atom. The molecule has 0 aromatic rings. The molecule has 1 aliphatic rings.